The van der Waals surface area contributed by atoms with Crippen molar-refractivity contribution in [3.63, 3.8) is 0 Å². The number of hydrogen-bond donors (Lipinski definition) is 2. The zero-order chi connectivity index (χ0) is 24.9. The van der Waals surface area contributed by atoms with E-state index in [2.05, 4.69) is 8.37 Å². The standard InChI is InChI=1S/C14H12Cl2O12S4/c1-27-31(23,24)11-5-7(15)3-9(29(17,18)19)13(11)14-10(30(20,21)22)4-8(16)6-12(14)32(25,26)28-2/h3-6H,1-2H3,(H,17,18,19)(H,20,21,22). The lowest BCUT2D eigenvalue weighted by Crippen LogP contribution is -2.15. The predicted octanol–water partition coefficient (Wildman–Crippen LogP) is 1.82. The van der Waals surface area contributed by atoms with Crippen molar-refractivity contribution in [2.24, 2.45) is 0 Å². The fraction of sp³-hybridized carbons (Fsp3) is 0.143. The van der Waals surface area contributed by atoms with E-state index in [0.717, 1.165) is 0 Å². The number of rotatable bonds is 7. The third-order valence-corrected chi connectivity index (χ3v) is 8.64. The van der Waals surface area contributed by atoms with Gasteiger partial charge in [-0.2, -0.15) is 33.7 Å². The summed E-state index contributed by atoms with van der Waals surface area (Å²) < 4.78 is 126. The van der Waals surface area contributed by atoms with Crippen molar-refractivity contribution in [1.82, 2.24) is 0 Å². The fourth-order valence-corrected chi connectivity index (χ4v) is 6.73. The molecule has 2 aromatic rings. The Hall–Kier alpha value is -1.34. The molecule has 0 amide bonds. The van der Waals surface area contributed by atoms with E-state index in [1.807, 2.05) is 0 Å². The van der Waals surface area contributed by atoms with Crippen LogP contribution in [0.25, 0.3) is 11.1 Å². The predicted molar refractivity (Wildman–Crippen MR) is 110 cm³/mol. The molecule has 0 aromatic heterocycles. The lowest BCUT2D eigenvalue weighted by atomic mass is 10.1. The molecule has 2 N–H and O–H groups in total. The molecule has 0 unspecified atom stereocenters. The van der Waals surface area contributed by atoms with Crippen molar-refractivity contribution in [2.75, 3.05) is 14.2 Å². The normalized spacial score (nSPS) is 13.3. The van der Waals surface area contributed by atoms with Gasteiger partial charge in [0.1, 0.15) is 19.6 Å². The number of halogens is 2. The smallest absolute Gasteiger partial charge is 0.282 e. The summed E-state index contributed by atoms with van der Waals surface area (Å²) in [5.74, 6) is 0. The second-order valence-corrected chi connectivity index (χ2v) is 12.8. The first kappa shape index (κ1) is 26.9. The molecule has 0 atom stereocenters. The van der Waals surface area contributed by atoms with Crippen LogP contribution in [0.5, 0.6) is 0 Å². The minimum atomic E-state index is -5.39. The highest BCUT2D eigenvalue weighted by Crippen LogP contribution is 2.44. The lowest BCUT2D eigenvalue weighted by Gasteiger charge is -2.19. The van der Waals surface area contributed by atoms with Gasteiger partial charge in [-0.25, -0.2) is 0 Å². The molecule has 2 aromatic carbocycles. The van der Waals surface area contributed by atoms with Gasteiger partial charge in [-0.1, -0.05) is 23.2 Å². The van der Waals surface area contributed by atoms with E-state index < -0.39 is 81.2 Å². The van der Waals surface area contributed by atoms with Crippen molar-refractivity contribution in [1.29, 1.82) is 0 Å². The molecule has 0 bridgehead atoms. The van der Waals surface area contributed by atoms with Crippen molar-refractivity contribution < 1.29 is 51.1 Å². The number of hydrogen-bond acceptors (Lipinski definition) is 10. The third-order valence-electron chi connectivity index (χ3n) is 3.84. The van der Waals surface area contributed by atoms with E-state index in [4.69, 9.17) is 23.2 Å². The topological polar surface area (TPSA) is 195 Å². The summed E-state index contributed by atoms with van der Waals surface area (Å²) in [5.41, 5.74) is -2.39. The summed E-state index contributed by atoms with van der Waals surface area (Å²) in [6.45, 7) is 0. The zero-order valence-electron chi connectivity index (χ0n) is 15.7. The molecular weight excluding hydrogens is 559 g/mol. The molecule has 32 heavy (non-hydrogen) atoms. The molecule has 18 heteroatoms. The zero-order valence-corrected chi connectivity index (χ0v) is 20.5. The second kappa shape index (κ2) is 8.79. The van der Waals surface area contributed by atoms with Gasteiger partial charge < -0.3 is 0 Å². The van der Waals surface area contributed by atoms with Crippen LogP contribution in [0.2, 0.25) is 10.0 Å². The van der Waals surface area contributed by atoms with Gasteiger partial charge in [0.2, 0.25) is 0 Å². The van der Waals surface area contributed by atoms with Gasteiger partial charge in [-0.05, 0) is 24.3 Å². The SMILES string of the molecule is COS(=O)(=O)c1cc(Cl)cc(S(=O)(=O)O)c1-c1c(S(=O)(=O)O)cc(Cl)cc1S(=O)(=O)OC. The molecule has 0 saturated carbocycles. The Morgan fingerprint density at radius 1 is 0.594 bits per heavy atom. The summed E-state index contributed by atoms with van der Waals surface area (Å²) in [6, 6.07) is 2.25. The highest BCUT2D eigenvalue weighted by molar-refractivity contribution is 7.88. The van der Waals surface area contributed by atoms with Crippen LogP contribution in [0.1, 0.15) is 0 Å². The monoisotopic (exact) mass is 570 g/mol. The second-order valence-electron chi connectivity index (χ2n) is 5.75. The summed E-state index contributed by atoms with van der Waals surface area (Å²) in [7, 11) is -19.3. The average Bonchev–Trinajstić information content (AvgIpc) is 2.65. The average molecular weight is 571 g/mol. The molecule has 0 heterocycles. The quantitative estimate of drug-likeness (QED) is 0.362. The van der Waals surface area contributed by atoms with E-state index in [0.29, 0.717) is 38.5 Å². The van der Waals surface area contributed by atoms with Crippen molar-refractivity contribution in [3.05, 3.63) is 34.3 Å². The maximum absolute atomic E-state index is 12.5. The molecule has 0 aliphatic heterocycles. The van der Waals surface area contributed by atoms with Gasteiger partial charge in [0.05, 0.1) is 14.2 Å². The van der Waals surface area contributed by atoms with Crippen LogP contribution in [0.3, 0.4) is 0 Å². The maximum atomic E-state index is 12.5. The Balaban J connectivity index is 3.46. The van der Waals surface area contributed by atoms with Gasteiger partial charge in [-0.3, -0.25) is 17.5 Å². The van der Waals surface area contributed by atoms with Crippen molar-refractivity contribution in [3.8, 4) is 11.1 Å². The summed E-state index contributed by atoms with van der Waals surface area (Å²) in [6.07, 6.45) is 0. The number of benzene rings is 2. The Morgan fingerprint density at radius 3 is 1.06 bits per heavy atom. The van der Waals surface area contributed by atoms with Gasteiger partial charge >= 0.3 is 0 Å². The molecule has 0 aliphatic carbocycles. The first-order valence-electron chi connectivity index (χ1n) is 7.60. The van der Waals surface area contributed by atoms with Crippen LogP contribution in [0.4, 0.5) is 0 Å². The van der Waals surface area contributed by atoms with E-state index >= 15 is 0 Å². The summed E-state index contributed by atoms with van der Waals surface area (Å²) >= 11 is 11.5. The lowest BCUT2D eigenvalue weighted by molar-refractivity contribution is 0.395. The van der Waals surface area contributed by atoms with Crippen LogP contribution in [0, 0.1) is 0 Å². The van der Waals surface area contributed by atoms with E-state index in [-0.39, 0.29) is 0 Å². The van der Waals surface area contributed by atoms with Gasteiger partial charge in [0.15, 0.2) is 0 Å². The minimum absolute atomic E-state index is 0.520. The summed E-state index contributed by atoms with van der Waals surface area (Å²) in [5, 5.41) is -1.15. The first-order chi connectivity index (χ1) is 14.4. The molecule has 178 valence electrons. The Kier molecular flexibility index (Phi) is 7.39. The van der Waals surface area contributed by atoms with Crippen LogP contribution < -0.4 is 0 Å². The van der Waals surface area contributed by atoms with Crippen molar-refractivity contribution >= 4 is 63.7 Å². The van der Waals surface area contributed by atoms with E-state index in [1.54, 1.807) is 0 Å². The van der Waals surface area contributed by atoms with E-state index in [1.165, 1.54) is 0 Å². The Labute approximate surface area is 193 Å². The molecular formula is C14H12Cl2O12S4. The third kappa shape index (κ3) is 5.24. The van der Waals surface area contributed by atoms with Crippen LogP contribution >= 0.6 is 23.2 Å². The summed E-state index contributed by atoms with van der Waals surface area (Å²) in [4.78, 5) is -4.94. The molecule has 0 aliphatic rings. The molecule has 0 fully saturated rings. The Bertz CT molecular complexity index is 1410. The molecule has 0 spiro atoms. The van der Waals surface area contributed by atoms with Crippen LogP contribution in [-0.2, 0) is 48.8 Å². The van der Waals surface area contributed by atoms with E-state index in [9.17, 15) is 42.8 Å². The van der Waals surface area contributed by atoms with Crippen molar-refractivity contribution in [2.45, 2.75) is 19.6 Å². The van der Waals surface area contributed by atoms with Crippen LogP contribution in [0.15, 0.2) is 43.8 Å². The molecule has 12 nitrogen and oxygen atoms in total. The fourth-order valence-electron chi connectivity index (χ4n) is 2.59. The highest BCUT2D eigenvalue weighted by atomic mass is 35.5. The van der Waals surface area contributed by atoms with Gasteiger partial charge in [-0.15, -0.1) is 0 Å². The Morgan fingerprint density at radius 2 is 0.844 bits per heavy atom. The molecule has 0 saturated heterocycles. The highest BCUT2D eigenvalue weighted by Gasteiger charge is 2.36. The maximum Gasteiger partial charge on any atom is 0.297 e. The first-order valence-corrected chi connectivity index (χ1v) is 14.1. The van der Waals surface area contributed by atoms with Crippen LogP contribution in [-0.4, -0.2) is 57.0 Å². The largest absolute Gasteiger partial charge is 0.297 e. The minimum Gasteiger partial charge on any atom is -0.282 e. The molecule has 2 rings (SSSR count). The van der Waals surface area contributed by atoms with Gasteiger partial charge in [0, 0.05) is 21.2 Å². The molecule has 0 radical (unpaired) electrons. The van der Waals surface area contributed by atoms with Gasteiger partial charge in [0.25, 0.3) is 40.5 Å².